The Hall–Kier alpha value is -0.593. The fourth-order valence-electron chi connectivity index (χ4n) is 0.0775. The molecule has 0 aromatic heterocycles. The molecular weight excluding hydrogens is 112 g/mol. The van der Waals surface area contributed by atoms with E-state index in [2.05, 4.69) is 9.69 Å². The largest absolute Gasteiger partial charge is 0.368 e. The second-order valence-electron chi connectivity index (χ2n) is 1.08. The monoisotopic (exact) mass is 118 g/mol. The smallest absolute Gasteiger partial charge is 0.323 e. The summed E-state index contributed by atoms with van der Waals surface area (Å²) < 4.78 is 2.91. The quantitative estimate of drug-likeness (QED) is 0.170. The molecule has 0 saturated heterocycles. The Morgan fingerprint density at radius 3 is 1.86 bits per heavy atom. The molecule has 0 aliphatic heterocycles. The van der Waals surface area contributed by atoms with Crippen molar-refractivity contribution in [1.29, 1.82) is 0 Å². The second-order valence-corrected chi connectivity index (χ2v) is 3.05. The van der Waals surface area contributed by atoms with E-state index in [0.717, 1.165) is 0 Å². The van der Waals surface area contributed by atoms with Gasteiger partial charge in [0.1, 0.15) is 0 Å². The molecule has 0 fully saturated rings. The van der Waals surface area contributed by atoms with Gasteiger partial charge >= 0.3 is 8.72 Å². The summed E-state index contributed by atoms with van der Waals surface area (Å²) in [5.41, 5.74) is 7.65. The molecule has 0 aromatic rings. The molecule has 0 atom stereocenters. The van der Waals surface area contributed by atoms with Gasteiger partial charge in [0.05, 0.1) is 0 Å². The highest BCUT2D eigenvalue weighted by molar-refractivity contribution is 6.68. The van der Waals surface area contributed by atoms with Gasteiger partial charge in [-0.25, -0.2) is 0 Å². The lowest BCUT2D eigenvalue weighted by molar-refractivity contribution is 1.33. The Morgan fingerprint density at radius 2 is 1.86 bits per heavy atom. The zero-order valence-corrected chi connectivity index (χ0v) is 4.57. The Balaban J connectivity index is 3.80. The standard InChI is InChI=1S/H6N6Si/c1-5-6-7(2,3)4/h2-4H2. The Labute approximate surface area is 41.2 Å². The van der Waals surface area contributed by atoms with Crippen molar-refractivity contribution < 1.29 is 0 Å². The molecule has 0 aliphatic carbocycles. The number of rotatable bonds is 1. The normalized spacial score (nSPS) is 10.1. The van der Waals surface area contributed by atoms with E-state index in [-0.39, 0.29) is 0 Å². The van der Waals surface area contributed by atoms with E-state index in [4.69, 9.17) is 21.7 Å². The van der Waals surface area contributed by atoms with E-state index in [9.17, 15) is 0 Å². The summed E-state index contributed by atoms with van der Waals surface area (Å²) in [5, 5.41) is 14.8. The lowest BCUT2D eigenvalue weighted by Gasteiger charge is -2.01. The van der Waals surface area contributed by atoms with E-state index in [1.54, 1.807) is 0 Å². The first kappa shape index (κ1) is 6.41. The third-order valence-corrected chi connectivity index (χ3v) is 0.654. The third kappa shape index (κ3) is 5.41. The molecule has 0 aliphatic rings. The van der Waals surface area contributed by atoms with Crippen LogP contribution in [0.1, 0.15) is 0 Å². The first-order valence-electron chi connectivity index (χ1n) is 1.49. The summed E-state index contributed by atoms with van der Waals surface area (Å²) in [6.07, 6.45) is 0. The molecule has 6 N–H and O–H groups in total. The van der Waals surface area contributed by atoms with Crippen molar-refractivity contribution in [1.82, 2.24) is 0 Å². The predicted octanol–water partition coefficient (Wildman–Crippen LogP) is -1.39. The topological polar surface area (TPSA) is 127 Å². The van der Waals surface area contributed by atoms with Crippen LogP contribution in [0.2, 0.25) is 0 Å². The van der Waals surface area contributed by atoms with Crippen LogP contribution in [0.3, 0.4) is 0 Å². The number of nitrogens with two attached hydrogens (primary N) is 3. The summed E-state index contributed by atoms with van der Waals surface area (Å²) in [4.78, 5) is 2.32. The summed E-state index contributed by atoms with van der Waals surface area (Å²) in [6.45, 7) is 0. The molecule has 0 rings (SSSR count). The Bertz CT molecular complexity index is 91.2. The van der Waals surface area contributed by atoms with Crippen molar-refractivity contribution in [2.75, 3.05) is 0 Å². The molecule has 0 bridgehead atoms. The minimum Gasteiger partial charge on any atom is -0.323 e. The van der Waals surface area contributed by atoms with E-state index in [1.165, 1.54) is 0 Å². The van der Waals surface area contributed by atoms with Crippen LogP contribution in [0.15, 0.2) is 4.78 Å². The van der Waals surface area contributed by atoms with Crippen LogP contribution in [0, 0.1) is 0 Å². The number of nitrogens with zero attached hydrogens (tertiary/aromatic N) is 3. The van der Waals surface area contributed by atoms with Crippen molar-refractivity contribution in [2.45, 2.75) is 0 Å². The molecule has 0 heterocycles. The van der Waals surface area contributed by atoms with Crippen LogP contribution in [0.5, 0.6) is 0 Å². The molecule has 0 spiro atoms. The van der Waals surface area contributed by atoms with Crippen molar-refractivity contribution in [3.05, 3.63) is 10.4 Å². The molecule has 40 valence electrons. The SMILES string of the molecule is [N-]=[N+]=N[Si](N)(N)N. The van der Waals surface area contributed by atoms with Gasteiger partial charge in [0.15, 0.2) is 0 Å². The van der Waals surface area contributed by atoms with Crippen molar-refractivity contribution >= 4 is 8.72 Å². The maximum Gasteiger partial charge on any atom is 0.368 e. The summed E-state index contributed by atoms with van der Waals surface area (Å²) >= 11 is 0. The van der Waals surface area contributed by atoms with Gasteiger partial charge in [-0.15, -0.1) is 0 Å². The lowest BCUT2D eigenvalue weighted by atomic mass is 13.0. The van der Waals surface area contributed by atoms with E-state index >= 15 is 0 Å². The summed E-state index contributed by atoms with van der Waals surface area (Å²) in [7, 11) is -2.95. The van der Waals surface area contributed by atoms with Gasteiger partial charge in [-0.3, -0.25) is 0 Å². The highest BCUT2D eigenvalue weighted by Crippen LogP contribution is 1.70. The number of azide groups is 1. The first-order chi connectivity index (χ1) is 3.06. The van der Waals surface area contributed by atoms with Crippen LogP contribution in [0.4, 0.5) is 0 Å². The number of hydrogen-bond acceptors (Lipinski definition) is 4. The summed E-state index contributed by atoms with van der Waals surface area (Å²) in [6, 6.07) is 0. The summed E-state index contributed by atoms with van der Waals surface area (Å²) in [5.74, 6) is 0. The average molecular weight is 118 g/mol. The maximum atomic E-state index is 7.65. The van der Waals surface area contributed by atoms with Gasteiger partial charge in [0.25, 0.3) is 0 Å². The zero-order valence-electron chi connectivity index (χ0n) is 3.57. The Morgan fingerprint density at radius 1 is 1.43 bits per heavy atom. The molecule has 6 nitrogen and oxygen atoms in total. The molecule has 0 unspecified atom stereocenters. The highest BCUT2D eigenvalue weighted by Gasteiger charge is 2.12. The van der Waals surface area contributed by atoms with Crippen LogP contribution < -0.4 is 16.2 Å². The van der Waals surface area contributed by atoms with Crippen molar-refractivity contribution in [3.63, 3.8) is 0 Å². The van der Waals surface area contributed by atoms with Gasteiger partial charge in [0.2, 0.25) is 0 Å². The van der Waals surface area contributed by atoms with Crippen molar-refractivity contribution in [3.8, 4) is 0 Å². The van der Waals surface area contributed by atoms with Gasteiger partial charge in [-0.05, 0) is 5.53 Å². The van der Waals surface area contributed by atoms with Crippen LogP contribution >= 0.6 is 0 Å². The van der Waals surface area contributed by atoms with Crippen LogP contribution in [-0.4, -0.2) is 8.72 Å². The van der Waals surface area contributed by atoms with Gasteiger partial charge in [-0.1, -0.05) is 4.78 Å². The first-order valence-corrected chi connectivity index (χ1v) is 3.67. The van der Waals surface area contributed by atoms with Crippen molar-refractivity contribution in [2.24, 2.45) is 21.0 Å². The molecule has 0 amide bonds. The molecule has 0 radical (unpaired) electrons. The third-order valence-electron chi connectivity index (χ3n) is 0.218. The second kappa shape index (κ2) is 1.91. The molecular formula is H6N6Si. The molecule has 0 saturated carbocycles. The molecule has 0 aromatic carbocycles. The average Bonchev–Trinajstić information content (AvgIpc) is 1.30. The fourth-order valence-corrected chi connectivity index (χ4v) is 0.232. The van der Waals surface area contributed by atoms with Crippen LogP contribution in [0.25, 0.3) is 10.4 Å². The Kier molecular flexibility index (Phi) is 1.75. The minimum atomic E-state index is -2.95. The van der Waals surface area contributed by atoms with E-state index in [1.807, 2.05) is 0 Å². The molecule has 7 heteroatoms. The van der Waals surface area contributed by atoms with Crippen LogP contribution in [-0.2, 0) is 0 Å². The fraction of sp³-hybridized carbons (Fsp3) is 0. The van der Waals surface area contributed by atoms with Gasteiger partial charge in [0, 0.05) is 4.91 Å². The van der Waals surface area contributed by atoms with Gasteiger partial charge < -0.3 is 16.2 Å². The highest BCUT2D eigenvalue weighted by atomic mass is 28.4. The number of hydrogen-bond donors (Lipinski definition) is 3. The molecule has 7 heavy (non-hydrogen) atoms. The minimum absolute atomic E-state index is 2.32. The van der Waals surface area contributed by atoms with E-state index < -0.39 is 8.72 Å². The van der Waals surface area contributed by atoms with Gasteiger partial charge in [-0.2, -0.15) is 0 Å². The van der Waals surface area contributed by atoms with E-state index in [0.29, 0.717) is 0 Å². The predicted molar refractivity (Wildman–Crippen MR) is 27.5 cm³/mol. The maximum absolute atomic E-state index is 7.65. The lowest BCUT2D eigenvalue weighted by Crippen LogP contribution is -2.63. The zero-order chi connectivity index (χ0) is 5.91.